The molecule has 0 spiro atoms. The predicted molar refractivity (Wildman–Crippen MR) is 134 cm³/mol. The van der Waals surface area contributed by atoms with E-state index in [0.29, 0.717) is 22.7 Å². The lowest BCUT2D eigenvalue weighted by Gasteiger charge is -2.13. The Kier molecular flexibility index (Phi) is 24.2. The van der Waals surface area contributed by atoms with Crippen LogP contribution in [0.4, 0.5) is 17.6 Å². The van der Waals surface area contributed by atoms with Crippen molar-refractivity contribution in [3.8, 4) is 0 Å². The highest BCUT2D eigenvalue weighted by molar-refractivity contribution is 6.29. The Labute approximate surface area is 215 Å². The maximum absolute atomic E-state index is 11.7. The van der Waals surface area contributed by atoms with Gasteiger partial charge in [0.15, 0.2) is 0 Å². The van der Waals surface area contributed by atoms with Gasteiger partial charge < -0.3 is 16.0 Å². The predicted octanol–water partition coefficient (Wildman–Crippen LogP) is 6.12. The summed E-state index contributed by atoms with van der Waals surface area (Å²) in [6.07, 6.45) is -1.44. The summed E-state index contributed by atoms with van der Waals surface area (Å²) >= 11 is 16.6. The second kappa shape index (κ2) is 23.5. The number of hydrogen-bond donors (Lipinski definition) is 2. The zero-order valence-electron chi connectivity index (χ0n) is 19.6. The summed E-state index contributed by atoms with van der Waals surface area (Å²) in [5, 5.41) is 3.49. The fourth-order valence-electron chi connectivity index (χ4n) is 1.99. The smallest absolute Gasteiger partial charge is 0.250 e. The van der Waals surface area contributed by atoms with E-state index in [-0.39, 0.29) is 6.54 Å². The number of halogens is 7. The number of hydrogen-bond acceptors (Lipinski definition) is 5. The molecule has 5 nitrogen and oxygen atoms in total. The largest absolute Gasteiger partial charge is 0.325 e. The fraction of sp³-hybridized carbons (Fsp3) is 0.545. The average molecular weight is 551 g/mol. The number of alkyl halides is 5. The third-order valence-electron chi connectivity index (χ3n) is 3.88. The number of aromatic nitrogens is 2. The molecule has 0 aliphatic rings. The van der Waals surface area contributed by atoms with Gasteiger partial charge in [-0.3, -0.25) is 0 Å². The number of nitrogens with two attached hydrogens (primary N) is 1. The number of rotatable bonds is 9. The van der Waals surface area contributed by atoms with Crippen molar-refractivity contribution < 1.29 is 17.6 Å². The molecular formula is C22H34Cl3F4N5. The van der Waals surface area contributed by atoms with E-state index in [9.17, 15) is 17.6 Å². The van der Waals surface area contributed by atoms with Gasteiger partial charge in [0.2, 0.25) is 0 Å². The topological polar surface area (TPSA) is 67.1 Å². The van der Waals surface area contributed by atoms with Crippen molar-refractivity contribution in [3.05, 3.63) is 58.1 Å². The summed E-state index contributed by atoms with van der Waals surface area (Å²) in [7, 11) is 0. The van der Waals surface area contributed by atoms with E-state index in [1.165, 1.54) is 19.6 Å². The van der Waals surface area contributed by atoms with Crippen LogP contribution in [0.1, 0.15) is 31.9 Å². The van der Waals surface area contributed by atoms with Gasteiger partial charge in [-0.15, -0.1) is 11.6 Å². The first-order valence-corrected chi connectivity index (χ1v) is 11.9. The van der Waals surface area contributed by atoms with Crippen molar-refractivity contribution in [2.45, 2.75) is 46.0 Å². The maximum Gasteiger partial charge on any atom is 0.250 e. The van der Waals surface area contributed by atoms with Gasteiger partial charge in [-0.25, -0.2) is 27.5 Å². The number of pyridine rings is 2. The van der Waals surface area contributed by atoms with Gasteiger partial charge in [-0.2, -0.15) is 0 Å². The van der Waals surface area contributed by atoms with Crippen LogP contribution in [0.2, 0.25) is 10.3 Å². The van der Waals surface area contributed by atoms with E-state index in [0.717, 1.165) is 11.1 Å². The molecule has 12 heteroatoms. The first-order valence-electron chi connectivity index (χ1n) is 10.6. The molecule has 34 heavy (non-hydrogen) atoms. The molecule has 196 valence electrons. The first-order chi connectivity index (χ1) is 16.1. The summed E-state index contributed by atoms with van der Waals surface area (Å²) in [6.45, 7) is 9.68. The van der Waals surface area contributed by atoms with Crippen LogP contribution in [0.15, 0.2) is 36.7 Å². The fourth-order valence-corrected chi connectivity index (χ4v) is 2.37. The van der Waals surface area contributed by atoms with Gasteiger partial charge in [0.1, 0.15) is 10.3 Å². The van der Waals surface area contributed by atoms with Crippen molar-refractivity contribution in [3.63, 3.8) is 0 Å². The lowest BCUT2D eigenvalue weighted by molar-refractivity contribution is 0.145. The van der Waals surface area contributed by atoms with Gasteiger partial charge in [-0.1, -0.05) is 56.1 Å². The summed E-state index contributed by atoms with van der Waals surface area (Å²) in [4.78, 5) is 10.0. The Morgan fingerprint density at radius 2 is 1.29 bits per heavy atom. The van der Waals surface area contributed by atoms with Gasteiger partial charge in [-0.05, 0) is 42.9 Å². The minimum Gasteiger partial charge on any atom is -0.325 e. The molecule has 0 aromatic carbocycles. The molecule has 0 fully saturated rings. The average Bonchev–Trinajstić information content (AvgIpc) is 2.83. The SMILES string of the molecule is CCN(CC)CC.ClCc1ccc(Cl)nc1.FC(F)CNCc1ccc(Cl)nc1.NCC(F)F. The van der Waals surface area contributed by atoms with Crippen molar-refractivity contribution in [1.82, 2.24) is 20.2 Å². The van der Waals surface area contributed by atoms with Gasteiger partial charge in [0, 0.05) is 24.8 Å². The molecule has 0 unspecified atom stereocenters. The Morgan fingerprint density at radius 3 is 1.56 bits per heavy atom. The third-order valence-corrected chi connectivity index (χ3v) is 4.63. The number of nitrogens with one attached hydrogen (secondary N) is 1. The quantitative estimate of drug-likeness (QED) is 0.224. The summed E-state index contributed by atoms with van der Waals surface area (Å²) in [5.74, 6) is 0.490. The van der Waals surface area contributed by atoms with Crippen molar-refractivity contribution in [1.29, 1.82) is 0 Å². The molecule has 0 amide bonds. The highest BCUT2D eigenvalue weighted by Gasteiger charge is 2.00. The molecule has 2 aromatic rings. The Balaban J connectivity index is 0. The van der Waals surface area contributed by atoms with Crippen molar-refractivity contribution >= 4 is 34.8 Å². The molecule has 0 aliphatic carbocycles. The molecule has 0 radical (unpaired) electrons. The van der Waals surface area contributed by atoms with Crippen LogP contribution in [0.5, 0.6) is 0 Å². The molecule has 0 aliphatic heterocycles. The van der Waals surface area contributed by atoms with Crippen LogP contribution in [0.3, 0.4) is 0 Å². The first kappa shape index (κ1) is 34.9. The van der Waals surface area contributed by atoms with Crippen LogP contribution in [0.25, 0.3) is 0 Å². The Hall–Kier alpha value is -1.23. The second-order valence-electron chi connectivity index (χ2n) is 6.38. The molecule has 2 rings (SSSR count). The monoisotopic (exact) mass is 549 g/mol. The Bertz CT molecular complexity index is 686. The zero-order valence-corrected chi connectivity index (χ0v) is 21.9. The highest BCUT2D eigenvalue weighted by Crippen LogP contribution is 2.06. The molecule has 0 saturated carbocycles. The molecule has 2 aromatic heterocycles. The van der Waals surface area contributed by atoms with Crippen LogP contribution in [0, 0.1) is 0 Å². The standard InChI is InChI=1S/C8H9ClF2N2.C6H5Cl2N.C6H15N.C2H5F2N/c9-7-2-1-6(4-13-7)3-12-5-8(10)11;7-3-5-1-2-6(8)9-4-5;1-4-7(5-2)6-3;3-2(4)1-5/h1-2,4,8,12H,3,5H2;1-2,4H,3H2;4-6H2,1-3H3;2H,1,5H2. The van der Waals surface area contributed by atoms with E-state index in [1.54, 1.807) is 30.6 Å². The molecule has 0 saturated heterocycles. The third kappa shape index (κ3) is 22.6. The summed E-state index contributed by atoms with van der Waals surface area (Å²) in [6, 6.07) is 6.94. The maximum atomic E-state index is 11.7. The van der Waals surface area contributed by atoms with E-state index in [4.69, 9.17) is 34.8 Å². The van der Waals surface area contributed by atoms with E-state index < -0.39 is 19.4 Å². The lowest BCUT2D eigenvalue weighted by atomic mass is 10.3. The van der Waals surface area contributed by atoms with E-state index in [1.807, 2.05) is 6.07 Å². The highest BCUT2D eigenvalue weighted by atomic mass is 35.5. The van der Waals surface area contributed by atoms with Gasteiger partial charge in [0.05, 0.1) is 13.1 Å². The van der Waals surface area contributed by atoms with Crippen LogP contribution >= 0.6 is 34.8 Å². The van der Waals surface area contributed by atoms with E-state index in [2.05, 4.69) is 46.7 Å². The van der Waals surface area contributed by atoms with Crippen molar-refractivity contribution in [2.24, 2.45) is 5.73 Å². The summed E-state index contributed by atoms with van der Waals surface area (Å²) < 4.78 is 44.7. The van der Waals surface area contributed by atoms with Crippen LogP contribution in [-0.2, 0) is 12.4 Å². The van der Waals surface area contributed by atoms with Crippen molar-refractivity contribution in [2.75, 3.05) is 32.7 Å². The van der Waals surface area contributed by atoms with E-state index >= 15 is 0 Å². The van der Waals surface area contributed by atoms with Crippen LogP contribution < -0.4 is 11.1 Å². The minimum absolute atomic E-state index is 0.303. The zero-order chi connectivity index (χ0) is 26.4. The normalized spacial score (nSPS) is 10.2. The number of nitrogens with zero attached hydrogens (tertiary/aromatic N) is 3. The molecule has 0 atom stereocenters. The Morgan fingerprint density at radius 1 is 0.853 bits per heavy atom. The minimum atomic E-state index is -2.34. The molecule has 3 N–H and O–H groups in total. The molecular weight excluding hydrogens is 517 g/mol. The molecule has 0 bridgehead atoms. The summed E-state index contributed by atoms with van der Waals surface area (Å²) in [5.41, 5.74) is 6.25. The molecule has 2 heterocycles. The second-order valence-corrected chi connectivity index (χ2v) is 7.42. The lowest BCUT2D eigenvalue weighted by Crippen LogP contribution is -2.21. The van der Waals surface area contributed by atoms with Gasteiger partial charge in [0.25, 0.3) is 12.9 Å². The van der Waals surface area contributed by atoms with Gasteiger partial charge >= 0.3 is 0 Å². The van der Waals surface area contributed by atoms with Crippen LogP contribution in [-0.4, -0.2) is 60.4 Å².